The van der Waals surface area contributed by atoms with Crippen molar-refractivity contribution >= 4 is 71.9 Å². The van der Waals surface area contributed by atoms with Gasteiger partial charge >= 0.3 is 15.5 Å². The van der Waals surface area contributed by atoms with E-state index in [0.29, 0.717) is 30.3 Å². The largest absolute Gasteiger partial charge is 0.516 e. The van der Waals surface area contributed by atoms with E-state index in [9.17, 15) is 26.7 Å². The molecule has 5 nitrogen and oxygen atoms in total. The molecule has 0 aliphatic rings. The zero-order chi connectivity index (χ0) is 22.4. The molecule has 0 amide bonds. The van der Waals surface area contributed by atoms with Crippen LogP contribution in [0.4, 0.5) is 18.9 Å². The Morgan fingerprint density at radius 2 is 1.73 bits per heavy atom. The van der Waals surface area contributed by atoms with Crippen LogP contribution in [0.3, 0.4) is 0 Å². The van der Waals surface area contributed by atoms with Gasteiger partial charge in [-0.05, 0) is 81.1 Å². The molecule has 0 spiro atoms. The minimum Gasteiger partial charge on any atom is -0.506 e. The molecule has 0 aliphatic carbocycles. The summed E-state index contributed by atoms with van der Waals surface area (Å²) in [5.41, 5.74) is -3.53. The van der Waals surface area contributed by atoms with E-state index in [1.54, 1.807) is 4.72 Å². The molecule has 3 aromatic rings. The number of rotatable bonds is 5. The highest BCUT2D eigenvalue weighted by Gasteiger charge is 2.46. The summed E-state index contributed by atoms with van der Waals surface area (Å²) in [5.74, 6) is 0.849. The predicted octanol–water partition coefficient (Wildman–Crippen LogP) is 6.32. The first-order valence-corrected chi connectivity index (χ1v) is 12.3. The molecule has 2 N–H and O–H groups in total. The van der Waals surface area contributed by atoms with Crippen LogP contribution >= 0.6 is 45.2 Å². The number of sulfonamides is 1. The molecule has 0 radical (unpaired) electrons. The summed E-state index contributed by atoms with van der Waals surface area (Å²) >= 11 is 4.05. The van der Waals surface area contributed by atoms with Gasteiger partial charge in [0.1, 0.15) is 17.1 Å². The fraction of sp³-hybridized carbons (Fsp3) is 0.263. The van der Waals surface area contributed by atoms with Gasteiger partial charge in [0.25, 0.3) is 0 Å². The van der Waals surface area contributed by atoms with Gasteiger partial charge in [-0.1, -0.05) is 13.8 Å². The molecule has 162 valence electrons. The summed E-state index contributed by atoms with van der Waals surface area (Å²) in [6.45, 7) is 3.86. The van der Waals surface area contributed by atoms with Crippen molar-refractivity contribution in [2.24, 2.45) is 0 Å². The Kier molecular flexibility index (Phi) is 6.54. The summed E-state index contributed by atoms with van der Waals surface area (Å²) in [4.78, 5) is 0. The molecule has 0 fully saturated rings. The third kappa shape index (κ3) is 4.66. The van der Waals surface area contributed by atoms with Crippen LogP contribution in [0.5, 0.6) is 5.75 Å². The molecule has 2 aromatic carbocycles. The van der Waals surface area contributed by atoms with Gasteiger partial charge in [-0.25, -0.2) is 0 Å². The summed E-state index contributed by atoms with van der Waals surface area (Å²) < 4.78 is 70.0. The lowest BCUT2D eigenvalue weighted by Crippen LogP contribution is -2.29. The summed E-state index contributed by atoms with van der Waals surface area (Å²) in [7, 11) is -5.53. The Balaban J connectivity index is 2.11. The number of furan rings is 1. The Morgan fingerprint density at radius 3 is 2.27 bits per heavy atom. The molecule has 0 bridgehead atoms. The highest BCUT2D eigenvalue weighted by molar-refractivity contribution is 14.1. The van der Waals surface area contributed by atoms with Crippen LogP contribution in [-0.2, 0) is 16.4 Å². The maximum absolute atomic E-state index is 12.7. The van der Waals surface area contributed by atoms with Gasteiger partial charge in [-0.3, -0.25) is 4.72 Å². The topological polar surface area (TPSA) is 79.5 Å². The number of phenols is 1. The van der Waals surface area contributed by atoms with Crippen LogP contribution < -0.4 is 4.72 Å². The summed E-state index contributed by atoms with van der Waals surface area (Å²) in [5, 5.41) is 10.5. The second kappa shape index (κ2) is 8.37. The molecule has 0 saturated carbocycles. The molecule has 0 unspecified atom stereocenters. The number of nitrogens with one attached hydrogen (secondary N) is 1. The number of aromatic hydroxyl groups is 1. The van der Waals surface area contributed by atoms with Crippen LogP contribution in [0.15, 0.2) is 34.7 Å². The molecule has 30 heavy (non-hydrogen) atoms. The van der Waals surface area contributed by atoms with Crippen LogP contribution in [-0.4, -0.2) is 19.0 Å². The van der Waals surface area contributed by atoms with E-state index < -0.39 is 15.5 Å². The maximum atomic E-state index is 12.7. The maximum Gasteiger partial charge on any atom is 0.516 e. The Morgan fingerprint density at radius 1 is 1.13 bits per heavy atom. The van der Waals surface area contributed by atoms with Gasteiger partial charge in [0.05, 0.1) is 7.14 Å². The molecule has 0 atom stereocenters. The van der Waals surface area contributed by atoms with Crippen LogP contribution in [0, 0.1) is 7.14 Å². The third-order valence-electron chi connectivity index (χ3n) is 4.36. The van der Waals surface area contributed by atoms with E-state index in [0.717, 1.165) is 11.1 Å². The predicted molar refractivity (Wildman–Crippen MR) is 125 cm³/mol. The van der Waals surface area contributed by atoms with E-state index in [1.165, 1.54) is 18.2 Å². The van der Waals surface area contributed by atoms with E-state index in [2.05, 4.69) is 0 Å². The average molecular weight is 665 g/mol. The van der Waals surface area contributed by atoms with E-state index >= 15 is 0 Å². The number of benzene rings is 2. The van der Waals surface area contributed by atoms with Gasteiger partial charge in [-0.2, -0.15) is 21.6 Å². The van der Waals surface area contributed by atoms with Crippen LogP contribution in [0.25, 0.3) is 11.0 Å². The number of halogens is 5. The highest BCUT2D eigenvalue weighted by Crippen LogP contribution is 2.36. The SMILES string of the molecule is CC(C)c1oc2ccc(NS(=O)(=O)C(F)(F)F)cc2c1Cc1cc(I)c(O)c(I)c1. The monoisotopic (exact) mass is 665 g/mol. The average Bonchev–Trinajstić information content (AvgIpc) is 2.96. The third-order valence-corrected chi connectivity index (χ3v) is 7.12. The van der Waals surface area contributed by atoms with Crippen molar-refractivity contribution in [3.05, 3.63) is 54.4 Å². The number of hydrogen-bond donors (Lipinski definition) is 2. The van der Waals surface area contributed by atoms with Crippen molar-refractivity contribution in [1.82, 2.24) is 0 Å². The summed E-state index contributed by atoms with van der Waals surface area (Å²) in [6.07, 6.45) is 0.405. The molecule has 0 saturated heterocycles. The number of alkyl halides is 3. The van der Waals surface area contributed by atoms with E-state index in [1.807, 2.05) is 71.2 Å². The minimum absolute atomic E-state index is 0.00187. The Bertz CT molecular complexity index is 1200. The van der Waals surface area contributed by atoms with E-state index in [4.69, 9.17) is 4.42 Å². The van der Waals surface area contributed by atoms with Gasteiger partial charge in [-0.15, -0.1) is 0 Å². The molecule has 3 rings (SSSR count). The fourth-order valence-corrected chi connectivity index (χ4v) is 5.47. The Labute approximate surface area is 198 Å². The first-order valence-electron chi connectivity index (χ1n) is 8.61. The highest BCUT2D eigenvalue weighted by atomic mass is 127. The minimum atomic E-state index is -5.53. The lowest BCUT2D eigenvalue weighted by Gasteiger charge is -2.11. The second-order valence-electron chi connectivity index (χ2n) is 6.95. The smallest absolute Gasteiger partial charge is 0.506 e. The lowest BCUT2D eigenvalue weighted by molar-refractivity contribution is -0.0429. The molecular weight excluding hydrogens is 649 g/mol. The fourth-order valence-electron chi connectivity index (χ4n) is 3.02. The number of fused-ring (bicyclic) bond motifs is 1. The molecule has 1 heterocycles. The van der Waals surface area contributed by atoms with Crippen molar-refractivity contribution in [2.45, 2.75) is 31.7 Å². The van der Waals surface area contributed by atoms with Gasteiger partial charge in [0, 0.05) is 29.0 Å². The van der Waals surface area contributed by atoms with Crippen molar-refractivity contribution in [2.75, 3.05) is 4.72 Å². The van der Waals surface area contributed by atoms with Crippen molar-refractivity contribution in [3.8, 4) is 5.75 Å². The Hall–Kier alpha value is -1.22. The van der Waals surface area contributed by atoms with Crippen LogP contribution in [0.2, 0.25) is 0 Å². The normalized spacial score (nSPS) is 12.7. The number of phenolic OH excluding ortho intramolecular Hbond substituents is 1. The second-order valence-corrected chi connectivity index (χ2v) is 10.9. The van der Waals surface area contributed by atoms with Crippen LogP contribution in [0.1, 0.15) is 36.7 Å². The molecule has 0 aliphatic heterocycles. The van der Waals surface area contributed by atoms with Gasteiger partial charge in [0.2, 0.25) is 0 Å². The molecule has 1 aromatic heterocycles. The molecular formula is C19H16F3I2NO4S. The van der Waals surface area contributed by atoms with E-state index in [-0.39, 0.29) is 17.4 Å². The number of anilines is 1. The standard InChI is InChI=1S/C19H16F3I2NO4S/c1-9(2)18-13(5-10-6-14(23)17(26)15(24)7-10)12-8-11(3-4-16(12)29-18)25-30(27,28)19(20,21)22/h3-4,6-9,25-26H,5H2,1-2H3. The first kappa shape index (κ1) is 23.4. The van der Waals surface area contributed by atoms with Crippen molar-refractivity contribution in [1.29, 1.82) is 0 Å². The first-order chi connectivity index (χ1) is 13.8. The van der Waals surface area contributed by atoms with Gasteiger partial charge < -0.3 is 9.52 Å². The zero-order valence-corrected chi connectivity index (χ0v) is 20.8. The number of hydrogen-bond acceptors (Lipinski definition) is 4. The molecule has 11 heteroatoms. The zero-order valence-electron chi connectivity index (χ0n) is 15.6. The van der Waals surface area contributed by atoms with Crippen molar-refractivity contribution < 1.29 is 31.1 Å². The summed E-state index contributed by atoms with van der Waals surface area (Å²) in [6, 6.07) is 7.66. The lowest BCUT2D eigenvalue weighted by atomic mass is 9.97. The van der Waals surface area contributed by atoms with Gasteiger partial charge in [0.15, 0.2) is 0 Å². The quantitative estimate of drug-likeness (QED) is 0.313. The van der Waals surface area contributed by atoms with Crippen molar-refractivity contribution in [3.63, 3.8) is 0 Å².